The van der Waals surface area contributed by atoms with E-state index in [0.29, 0.717) is 0 Å². The van der Waals surface area contributed by atoms with E-state index in [2.05, 4.69) is 17.2 Å². The Balaban J connectivity index is 1.96. The Hall–Kier alpha value is -2.37. The minimum atomic E-state index is -1.29. The first-order chi connectivity index (χ1) is 17.7. The third-order valence-electron chi connectivity index (χ3n) is 6.69. The second-order valence-corrected chi connectivity index (χ2v) is 9.88. The minimum Gasteiger partial charge on any atom is -0.478 e. The van der Waals surface area contributed by atoms with Crippen molar-refractivity contribution in [1.82, 2.24) is 5.32 Å². The molecular weight excluding hydrogens is 480 g/mol. The van der Waals surface area contributed by atoms with Gasteiger partial charge in [0.25, 0.3) is 0 Å². The number of aliphatic hydroxyl groups is 2. The molecule has 2 aliphatic heterocycles. The molecule has 0 saturated carbocycles. The zero-order chi connectivity index (χ0) is 27.2. The van der Waals surface area contributed by atoms with Crippen LogP contribution in [0.5, 0.6) is 0 Å². The first-order valence-corrected chi connectivity index (χ1v) is 13.6. The predicted octanol–water partition coefficient (Wildman–Crippen LogP) is 1.39. The van der Waals surface area contributed by atoms with Crippen molar-refractivity contribution in [1.29, 1.82) is 0 Å². The number of hydrogen-bond donors (Lipinski definition) is 5. The number of ether oxygens (including phenoxy) is 3. The molecule has 2 rings (SSSR count). The number of carbonyl (C=O) groups excluding carboxylic acids is 2. The van der Waals surface area contributed by atoms with Crippen molar-refractivity contribution in [2.24, 2.45) is 16.5 Å². The normalized spacial score (nSPS) is 27.5. The van der Waals surface area contributed by atoms with E-state index in [4.69, 9.17) is 25.7 Å². The van der Waals surface area contributed by atoms with Gasteiger partial charge >= 0.3 is 5.97 Å². The van der Waals surface area contributed by atoms with Gasteiger partial charge < -0.3 is 41.2 Å². The van der Waals surface area contributed by atoms with Gasteiger partial charge in [-0.1, -0.05) is 64.7 Å². The number of nitrogens with zero attached hydrogens (tertiary/aromatic N) is 1. The topological polar surface area (TPSA) is 179 Å². The number of aliphatic imine (C=N–C) groups is 1. The molecule has 0 aromatic carbocycles. The van der Waals surface area contributed by atoms with Crippen molar-refractivity contribution in [3.8, 4) is 0 Å². The van der Waals surface area contributed by atoms with Crippen LogP contribution < -0.4 is 16.8 Å². The molecule has 11 nitrogen and oxygen atoms in total. The first kappa shape index (κ1) is 30.9. The van der Waals surface area contributed by atoms with E-state index < -0.39 is 42.5 Å². The van der Waals surface area contributed by atoms with Crippen molar-refractivity contribution < 1.29 is 34.0 Å². The van der Waals surface area contributed by atoms with Crippen LogP contribution in [0.25, 0.3) is 0 Å². The third kappa shape index (κ3) is 10.5. The monoisotopic (exact) mass is 526 g/mol. The number of esters is 1. The Morgan fingerprint density at radius 3 is 2.27 bits per heavy atom. The van der Waals surface area contributed by atoms with Gasteiger partial charge in [0.05, 0.1) is 24.8 Å². The molecule has 11 heteroatoms. The number of carbonyl (C=O) groups is 2. The summed E-state index contributed by atoms with van der Waals surface area (Å²) in [7, 11) is 0. The van der Waals surface area contributed by atoms with Crippen LogP contribution in [0.4, 0.5) is 0 Å². The summed E-state index contributed by atoms with van der Waals surface area (Å²) in [6, 6.07) is -1.73. The molecule has 1 fully saturated rings. The van der Waals surface area contributed by atoms with Gasteiger partial charge in [-0.3, -0.25) is 4.79 Å². The lowest BCUT2D eigenvalue weighted by molar-refractivity contribution is -0.186. The molecule has 2 heterocycles. The summed E-state index contributed by atoms with van der Waals surface area (Å²) >= 11 is 0. The summed E-state index contributed by atoms with van der Waals surface area (Å²) in [5.74, 6) is -1.46. The number of unbranched alkanes of at least 4 members (excludes halogenated alkanes) is 9. The fraction of sp³-hybridized carbons (Fsp3) is 0.808. The van der Waals surface area contributed by atoms with Crippen LogP contribution in [0.2, 0.25) is 0 Å². The Morgan fingerprint density at radius 1 is 1.05 bits per heavy atom. The van der Waals surface area contributed by atoms with Crippen LogP contribution in [0.15, 0.2) is 16.8 Å². The van der Waals surface area contributed by atoms with Gasteiger partial charge in [0.15, 0.2) is 12.1 Å². The molecule has 6 atom stereocenters. The summed E-state index contributed by atoms with van der Waals surface area (Å²) in [6.45, 7) is 3.94. The lowest BCUT2D eigenvalue weighted by Gasteiger charge is -2.43. The van der Waals surface area contributed by atoms with Crippen LogP contribution in [0.3, 0.4) is 0 Å². The maximum atomic E-state index is 12.8. The number of hydrogen-bond acceptors (Lipinski definition) is 8. The molecular formula is C26H46N4O7. The molecule has 37 heavy (non-hydrogen) atoms. The van der Waals surface area contributed by atoms with Crippen molar-refractivity contribution in [3.05, 3.63) is 11.8 Å². The second kappa shape index (κ2) is 16.5. The summed E-state index contributed by atoms with van der Waals surface area (Å²) in [5, 5.41) is 23.4. The number of nitrogens with two attached hydrogens (primary N) is 2. The molecule has 2 aliphatic rings. The average molecular weight is 527 g/mol. The van der Waals surface area contributed by atoms with Gasteiger partial charge in [-0.15, -0.1) is 0 Å². The molecule has 0 unspecified atom stereocenters. The van der Waals surface area contributed by atoms with Crippen molar-refractivity contribution in [3.63, 3.8) is 0 Å². The molecule has 0 spiro atoms. The van der Waals surface area contributed by atoms with E-state index in [9.17, 15) is 19.8 Å². The summed E-state index contributed by atoms with van der Waals surface area (Å²) in [4.78, 5) is 28.9. The lowest BCUT2D eigenvalue weighted by Crippen LogP contribution is -2.62. The number of guanidine groups is 1. The maximum absolute atomic E-state index is 12.8. The van der Waals surface area contributed by atoms with Crippen molar-refractivity contribution >= 4 is 17.8 Å². The van der Waals surface area contributed by atoms with Crippen LogP contribution in [0.1, 0.15) is 84.5 Å². The van der Waals surface area contributed by atoms with Crippen molar-refractivity contribution in [2.75, 3.05) is 13.2 Å². The number of amides is 1. The number of nitrogens with one attached hydrogen (secondary N) is 1. The van der Waals surface area contributed by atoms with Gasteiger partial charge in [0.1, 0.15) is 12.2 Å². The van der Waals surface area contributed by atoms with E-state index in [1.165, 1.54) is 57.9 Å². The molecule has 7 N–H and O–H groups in total. The zero-order valence-corrected chi connectivity index (χ0v) is 22.3. The largest absolute Gasteiger partial charge is 0.478 e. The fourth-order valence-corrected chi connectivity index (χ4v) is 4.72. The highest BCUT2D eigenvalue weighted by Gasteiger charge is 2.48. The molecule has 0 radical (unpaired) electrons. The first-order valence-electron chi connectivity index (χ1n) is 13.6. The number of rotatable bonds is 15. The van der Waals surface area contributed by atoms with E-state index in [-0.39, 0.29) is 37.3 Å². The molecule has 212 valence electrons. The van der Waals surface area contributed by atoms with E-state index in [0.717, 1.165) is 19.3 Å². The molecule has 0 bridgehead atoms. The zero-order valence-electron chi connectivity index (χ0n) is 22.3. The fourth-order valence-electron chi connectivity index (χ4n) is 4.72. The number of aliphatic hydroxyl groups excluding tert-OH is 2. The van der Waals surface area contributed by atoms with E-state index in [1.807, 2.05) is 0 Å². The van der Waals surface area contributed by atoms with E-state index >= 15 is 0 Å². The molecule has 0 aromatic rings. The Labute approximate surface area is 220 Å². The van der Waals surface area contributed by atoms with E-state index in [1.54, 1.807) is 0 Å². The van der Waals surface area contributed by atoms with Crippen LogP contribution in [0, 0.1) is 0 Å². The highest BCUT2D eigenvalue weighted by molar-refractivity contribution is 5.87. The summed E-state index contributed by atoms with van der Waals surface area (Å²) in [5.41, 5.74) is 11.2. The summed E-state index contributed by atoms with van der Waals surface area (Å²) < 4.78 is 17.0. The van der Waals surface area contributed by atoms with Gasteiger partial charge in [0.2, 0.25) is 11.7 Å². The quantitative estimate of drug-likeness (QED) is 0.0912. The minimum absolute atomic E-state index is 0.135. The molecule has 1 amide bonds. The van der Waals surface area contributed by atoms with Gasteiger partial charge in [-0.2, -0.15) is 0 Å². The second-order valence-electron chi connectivity index (χ2n) is 9.88. The highest BCUT2D eigenvalue weighted by Crippen LogP contribution is 2.29. The van der Waals surface area contributed by atoms with Gasteiger partial charge in [0, 0.05) is 13.5 Å². The third-order valence-corrected chi connectivity index (χ3v) is 6.69. The maximum Gasteiger partial charge on any atom is 0.373 e. The average Bonchev–Trinajstić information content (AvgIpc) is 2.84. The smallest absolute Gasteiger partial charge is 0.373 e. The Morgan fingerprint density at radius 2 is 1.68 bits per heavy atom. The summed E-state index contributed by atoms with van der Waals surface area (Å²) in [6.07, 6.45) is 8.87. The van der Waals surface area contributed by atoms with Gasteiger partial charge in [-0.05, 0) is 18.9 Å². The molecule has 0 aliphatic carbocycles. The SMILES string of the molecule is CCCCCCCCCCCCOC(=O)C1=C[C@H](N=C(N)N)[C@@H](NC(C)=O)[C@H]([C@@H]2OCC[C@@H](O)[C@H]2O)O1. The molecule has 1 saturated heterocycles. The highest BCUT2D eigenvalue weighted by atomic mass is 16.6. The van der Waals surface area contributed by atoms with Crippen LogP contribution in [-0.4, -0.2) is 77.8 Å². The van der Waals surface area contributed by atoms with Crippen LogP contribution in [-0.2, 0) is 23.8 Å². The lowest BCUT2D eigenvalue weighted by atomic mass is 9.88. The molecule has 0 aromatic heterocycles. The van der Waals surface area contributed by atoms with Gasteiger partial charge in [-0.25, -0.2) is 9.79 Å². The van der Waals surface area contributed by atoms with Crippen molar-refractivity contribution in [2.45, 2.75) is 121 Å². The Bertz CT molecular complexity index is 772. The van der Waals surface area contributed by atoms with Crippen LogP contribution >= 0.6 is 0 Å². The predicted molar refractivity (Wildman–Crippen MR) is 139 cm³/mol. The Kier molecular flexibility index (Phi) is 13.7. The standard InChI is InChI=1S/C26H46N4O7/c1-3-4-5-6-7-8-9-10-11-12-14-36-25(34)20-16-18(30-26(27)28)21(29-17(2)31)23(37-20)24-22(33)19(32)13-15-35-24/h16,18-19,21-24,32-33H,3-15H2,1-2H3,(H,29,31)(H4,27,28,30)/t18-,19+,21+,22+,23+,24+/m0/s1.